The van der Waals surface area contributed by atoms with Crippen molar-refractivity contribution in [2.45, 2.75) is 30.6 Å². The van der Waals surface area contributed by atoms with Crippen molar-refractivity contribution < 1.29 is 18.0 Å². The van der Waals surface area contributed by atoms with Gasteiger partial charge >= 0.3 is 0 Å². The number of nitrogens with one attached hydrogen (secondary N) is 1. The lowest BCUT2D eigenvalue weighted by Gasteiger charge is -2.25. The molecule has 1 saturated heterocycles. The van der Waals surface area contributed by atoms with Crippen molar-refractivity contribution in [1.29, 1.82) is 0 Å². The lowest BCUT2D eigenvalue weighted by Crippen LogP contribution is -2.39. The Hall–Kier alpha value is -3.36. The van der Waals surface area contributed by atoms with E-state index in [0.717, 1.165) is 30.0 Å². The van der Waals surface area contributed by atoms with Crippen LogP contribution in [0.1, 0.15) is 36.0 Å². The highest BCUT2D eigenvalue weighted by atomic mass is 35.5. The Morgan fingerprint density at radius 3 is 2.14 bits per heavy atom. The summed E-state index contributed by atoms with van der Waals surface area (Å²) in [5.41, 5.74) is 0.906. The minimum atomic E-state index is -4.10. The molecule has 3 aromatic rings. The number of halogens is 1. The van der Waals surface area contributed by atoms with Crippen molar-refractivity contribution in [1.82, 2.24) is 4.90 Å². The molecule has 188 valence electrons. The molecular formula is C27H28ClN3O4S. The topological polar surface area (TPSA) is 86.8 Å². The number of sulfonamides is 1. The minimum Gasteiger partial charge on any atom is -0.339 e. The van der Waals surface area contributed by atoms with Crippen LogP contribution in [-0.4, -0.2) is 44.8 Å². The van der Waals surface area contributed by atoms with Crippen LogP contribution >= 0.6 is 11.6 Å². The summed E-state index contributed by atoms with van der Waals surface area (Å²) >= 11 is 6.33. The number of hydrogen-bond donors (Lipinski definition) is 1. The Morgan fingerprint density at radius 1 is 0.833 bits per heavy atom. The zero-order valence-corrected chi connectivity index (χ0v) is 21.3. The second-order valence-electron chi connectivity index (χ2n) is 8.58. The van der Waals surface area contributed by atoms with Crippen LogP contribution in [0.3, 0.4) is 0 Å². The van der Waals surface area contributed by atoms with Crippen LogP contribution in [0.25, 0.3) is 0 Å². The summed E-state index contributed by atoms with van der Waals surface area (Å²) < 4.78 is 28.0. The molecule has 0 radical (unpaired) electrons. The first-order valence-corrected chi connectivity index (χ1v) is 13.7. The standard InChI is InChI=1S/C27H28ClN3O4S/c28-23-15-7-9-17-25(23)31(36(34,35)21-12-4-3-5-13-21)20-26(32)29-24-16-8-6-14-22(24)27(33)30-18-10-1-2-11-19-30/h3-9,12-17H,1-2,10-11,18-20H2,(H,29,32). The Morgan fingerprint density at radius 2 is 1.44 bits per heavy atom. The van der Waals surface area contributed by atoms with Crippen molar-refractivity contribution in [3.05, 3.63) is 89.4 Å². The van der Waals surface area contributed by atoms with Gasteiger partial charge in [-0.05, 0) is 49.2 Å². The highest BCUT2D eigenvalue weighted by Crippen LogP contribution is 2.30. The molecule has 3 aromatic carbocycles. The average Bonchev–Trinajstić information content (AvgIpc) is 3.18. The van der Waals surface area contributed by atoms with E-state index in [2.05, 4.69) is 5.32 Å². The SMILES string of the molecule is O=C(CN(c1ccccc1Cl)S(=O)(=O)c1ccccc1)Nc1ccccc1C(=O)N1CCCCCC1. The molecule has 36 heavy (non-hydrogen) atoms. The van der Waals surface area contributed by atoms with E-state index in [1.165, 1.54) is 12.1 Å². The molecule has 1 heterocycles. The van der Waals surface area contributed by atoms with Crippen molar-refractivity contribution >= 4 is 44.8 Å². The van der Waals surface area contributed by atoms with Gasteiger partial charge in [-0.25, -0.2) is 8.42 Å². The largest absolute Gasteiger partial charge is 0.339 e. The Bertz CT molecular complexity index is 1320. The third-order valence-electron chi connectivity index (χ3n) is 6.06. The summed E-state index contributed by atoms with van der Waals surface area (Å²) in [5.74, 6) is -0.738. The molecule has 0 bridgehead atoms. The number of benzene rings is 3. The quantitative estimate of drug-likeness (QED) is 0.460. The smallest absolute Gasteiger partial charge is 0.264 e. The third kappa shape index (κ3) is 5.88. The van der Waals surface area contributed by atoms with Crippen LogP contribution in [0.15, 0.2) is 83.8 Å². The van der Waals surface area contributed by atoms with Crippen molar-refractivity contribution in [3.8, 4) is 0 Å². The first kappa shape index (κ1) is 25.7. The van der Waals surface area contributed by atoms with E-state index < -0.39 is 22.5 Å². The van der Waals surface area contributed by atoms with Gasteiger partial charge in [0.2, 0.25) is 5.91 Å². The summed E-state index contributed by atoms with van der Waals surface area (Å²) in [6.07, 6.45) is 4.08. The summed E-state index contributed by atoms with van der Waals surface area (Å²) in [5, 5.41) is 2.95. The highest BCUT2D eigenvalue weighted by molar-refractivity contribution is 7.92. The number of carbonyl (C=O) groups excluding carboxylic acids is 2. The number of carbonyl (C=O) groups is 2. The molecule has 9 heteroatoms. The van der Waals surface area contributed by atoms with Gasteiger partial charge in [0, 0.05) is 13.1 Å². The number of nitrogens with zero attached hydrogens (tertiary/aromatic N) is 2. The van der Waals surface area contributed by atoms with Gasteiger partial charge in [-0.2, -0.15) is 0 Å². The molecule has 7 nitrogen and oxygen atoms in total. The van der Waals surface area contributed by atoms with Gasteiger partial charge in [0.05, 0.1) is 26.9 Å². The van der Waals surface area contributed by atoms with Gasteiger partial charge in [-0.3, -0.25) is 13.9 Å². The number of para-hydroxylation sites is 2. The van der Waals surface area contributed by atoms with Crippen LogP contribution in [0.2, 0.25) is 5.02 Å². The second kappa shape index (κ2) is 11.6. The maximum atomic E-state index is 13.5. The van der Waals surface area contributed by atoms with E-state index in [0.29, 0.717) is 24.3 Å². The number of rotatable bonds is 7. The summed E-state index contributed by atoms with van der Waals surface area (Å²) in [6.45, 7) is 0.834. The lowest BCUT2D eigenvalue weighted by molar-refractivity contribution is -0.114. The molecule has 0 saturated carbocycles. The lowest BCUT2D eigenvalue weighted by atomic mass is 10.1. The maximum Gasteiger partial charge on any atom is 0.264 e. The zero-order valence-electron chi connectivity index (χ0n) is 19.8. The summed E-state index contributed by atoms with van der Waals surface area (Å²) in [7, 11) is -4.10. The van der Waals surface area contributed by atoms with Crippen LogP contribution in [0, 0.1) is 0 Å². The van der Waals surface area contributed by atoms with Crippen LogP contribution < -0.4 is 9.62 Å². The molecule has 0 spiro atoms. The Kier molecular flexibility index (Phi) is 8.28. The summed E-state index contributed by atoms with van der Waals surface area (Å²) in [6, 6.07) is 21.1. The molecule has 0 unspecified atom stereocenters. The average molecular weight is 526 g/mol. The van der Waals surface area contributed by atoms with Gasteiger partial charge in [-0.15, -0.1) is 0 Å². The minimum absolute atomic E-state index is 0.0365. The van der Waals surface area contributed by atoms with Crippen molar-refractivity contribution in [2.24, 2.45) is 0 Å². The van der Waals surface area contributed by atoms with E-state index in [1.807, 2.05) is 4.90 Å². The van der Waals surface area contributed by atoms with Gasteiger partial charge in [0.15, 0.2) is 0 Å². The fourth-order valence-corrected chi connectivity index (χ4v) is 5.97. The van der Waals surface area contributed by atoms with Gasteiger partial charge < -0.3 is 10.2 Å². The Balaban J connectivity index is 1.61. The fourth-order valence-electron chi connectivity index (χ4n) is 4.22. The molecule has 1 fully saturated rings. The summed E-state index contributed by atoms with van der Waals surface area (Å²) in [4.78, 5) is 28.3. The molecule has 1 aliphatic heterocycles. The highest BCUT2D eigenvalue weighted by Gasteiger charge is 2.29. The number of likely N-dealkylation sites (tertiary alicyclic amines) is 1. The number of anilines is 2. The second-order valence-corrected chi connectivity index (χ2v) is 10.8. The molecule has 0 aliphatic carbocycles. The predicted octanol–water partition coefficient (Wildman–Crippen LogP) is 5.19. The van der Waals surface area contributed by atoms with E-state index in [1.54, 1.807) is 66.7 Å². The Labute approximate surface area is 216 Å². The molecule has 1 N–H and O–H groups in total. The molecule has 0 atom stereocenters. The van der Waals surface area contributed by atoms with Crippen LogP contribution in [0.5, 0.6) is 0 Å². The van der Waals surface area contributed by atoms with E-state index in [9.17, 15) is 18.0 Å². The first-order chi connectivity index (χ1) is 17.4. The number of hydrogen-bond acceptors (Lipinski definition) is 4. The van der Waals surface area contributed by atoms with Gasteiger partial charge in [-0.1, -0.05) is 66.9 Å². The van der Waals surface area contributed by atoms with E-state index in [-0.39, 0.29) is 21.5 Å². The van der Waals surface area contributed by atoms with Crippen LogP contribution in [-0.2, 0) is 14.8 Å². The normalized spacial score (nSPS) is 14.1. The molecule has 1 aliphatic rings. The molecule has 0 aromatic heterocycles. The zero-order chi connectivity index (χ0) is 25.5. The number of amides is 2. The van der Waals surface area contributed by atoms with Crippen molar-refractivity contribution in [2.75, 3.05) is 29.3 Å². The van der Waals surface area contributed by atoms with Crippen LogP contribution in [0.4, 0.5) is 11.4 Å². The van der Waals surface area contributed by atoms with Gasteiger partial charge in [0.1, 0.15) is 6.54 Å². The van der Waals surface area contributed by atoms with Gasteiger partial charge in [0.25, 0.3) is 15.9 Å². The molecular weight excluding hydrogens is 498 g/mol. The molecule has 2 amide bonds. The third-order valence-corrected chi connectivity index (χ3v) is 8.16. The predicted molar refractivity (Wildman–Crippen MR) is 142 cm³/mol. The van der Waals surface area contributed by atoms with E-state index in [4.69, 9.17) is 11.6 Å². The monoisotopic (exact) mass is 525 g/mol. The maximum absolute atomic E-state index is 13.5. The fraction of sp³-hybridized carbons (Fsp3) is 0.259. The first-order valence-electron chi connectivity index (χ1n) is 11.9. The van der Waals surface area contributed by atoms with E-state index >= 15 is 0 Å². The molecule has 4 rings (SSSR count). The van der Waals surface area contributed by atoms with Crippen molar-refractivity contribution in [3.63, 3.8) is 0 Å².